The van der Waals surface area contributed by atoms with Gasteiger partial charge in [0.25, 0.3) is 0 Å². The summed E-state index contributed by atoms with van der Waals surface area (Å²) in [6.07, 6.45) is 2.31. The van der Waals surface area contributed by atoms with Crippen LogP contribution >= 0.6 is 0 Å². The first-order chi connectivity index (χ1) is 8.82. The molecule has 1 rings (SSSR count). The van der Waals surface area contributed by atoms with Crippen LogP contribution in [0.2, 0.25) is 0 Å². The second-order valence-electron chi connectivity index (χ2n) is 5.95. The van der Waals surface area contributed by atoms with Gasteiger partial charge in [-0.3, -0.25) is 9.59 Å². The molecule has 19 heavy (non-hydrogen) atoms. The molecule has 0 saturated carbocycles. The van der Waals surface area contributed by atoms with Gasteiger partial charge in [0, 0.05) is 25.5 Å². The fourth-order valence-corrected chi connectivity index (χ4v) is 2.40. The van der Waals surface area contributed by atoms with Crippen molar-refractivity contribution in [1.82, 2.24) is 5.32 Å². The third-order valence-corrected chi connectivity index (χ3v) is 3.34. The highest BCUT2D eigenvalue weighted by Gasteiger charge is 2.29. The first-order valence-corrected chi connectivity index (χ1v) is 6.82. The summed E-state index contributed by atoms with van der Waals surface area (Å²) in [5, 5.41) is 3.03. The first kappa shape index (κ1) is 16.0. The van der Waals surface area contributed by atoms with Gasteiger partial charge in [-0.15, -0.1) is 0 Å². The summed E-state index contributed by atoms with van der Waals surface area (Å²) in [6.45, 7) is 6.62. The number of nitrogens with one attached hydrogen (secondary N) is 1. The summed E-state index contributed by atoms with van der Waals surface area (Å²) in [4.78, 5) is 23.0. The molecule has 1 amide bonds. The average Bonchev–Trinajstić information content (AvgIpc) is 2.26. The predicted octanol–water partition coefficient (Wildman–Crippen LogP) is 1.65. The lowest BCUT2D eigenvalue weighted by atomic mass is 9.93. The fraction of sp³-hybridized carbons (Fsp3) is 0.857. The van der Waals surface area contributed by atoms with Crippen molar-refractivity contribution in [2.75, 3.05) is 13.7 Å². The van der Waals surface area contributed by atoms with Crippen molar-refractivity contribution in [3.8, 4) is 0 Å². The summed E-state index contributed by atoms with van der Waals surface area (Å²) in [7, 11) is 1.36. The van der Waals surface area contributed by atoms with E-state index in [9.17, 15) is 9.59 Å². The number of rotatable bonds is 5. The molecule has 1 aliphatic rings. The maximum atomic E-state index is 11.9. The molecule has 5 nitrogen and oxygen atoms in total. The highest BCUT2D eigenvalue weighted by atomic mass is 16.5. The van der Waals surface area contributed by atoms with Gasteiger partial charge in [-0.2, -0.15) is 0 Å². The summed E-state index contributed by atoms with van der Waals surface area (Å²) in [6, 6.07) is 0.168. The van der Waals surface area contributed by atoms with Crippen molar-refractivity contribution in [3.63, 3.8) is 0 Å². The molecule has 0 aliphatic carbocycles. The van der Waals surface area contributed by atoms with E-state index in [-0.39, 0.29) is 35.9 Å². The van der Waals surface area contributed by atoms with Crippen molar-refractivity contribution in [1.29, 1.82) is 0 Å². The predicted molar refractivity (Wildman–Crippen MR) is 71.6 cm³/mol. The zero-order chi connectivity index (χ0) is 14.5. The van der Waals surface area contributed by atoms with E-state index in [0.717, 1.165) is 12.8 Å². The normalized spacial score (nSPS) is 23.5. The lowest BCUT2D eigenvalue weighted by Crippen LogP contribution is -2.46. The van der Waals surface area contributed by atoms with E-state index in [1.54, 1.807) is 0 Å². The van der Waals surface area contributed by atoms with Gasteiger partial charge in [0.05, 0.1) is 12.7 Å². The average molecular weight is 271 g/mol. The van der Waals surface area contributed by atoms with Crippen molar-refractivity contribution < 1.29 is 19.1 Å². The number of hydrogen-bond acceptors (Lipinski definition) is 4. The molecule has 0 radical (unpaired) electrons. The highest BCUT2D eigenvalue weighted by Crippen LogP contribution is 2.24. The van der Waals surface area contributed by atoms with Gasteiger partial charge >= 0.3 is 5.97 Å². The molecular formula is C14H25NO4. The Labute approximate surface area is 115 Å². The van der Waals surface area contributed by atoms with Crippen LogP contribution in [-0.4, -0.2) is 37.2 Å². The number of carbonyl (C=O) groups is 2. The molecule has 1 heterocycles. The molecule has 0 aromatic carbocycles. The number of amides is 1. The molecule has 0 unspecified atom stereocenters. The molecule has 0 aromatic heterocycles. The monoisotopic (exact) mass is 271 g/mol. The Balaban J connectivity index is 2.32. The van der Waals surface area contributed by atoms with Crippen LogP contribution in [0.15, 0.2) is 0 Å². The lowest BCUT2D eigenvalue weighted by molar-refractivity contribution is -0.141. The summed E-state index contributed by atoms with van der Waals surface area (Å²) in [5.41, 5.74) is -0.173. The van der Waals surface area contributed by atoms with Crippen molar-refractivity contribution in [3.05, 3.63) is 0 Å². The van der Waals surface area contributed by atoms with Gasteiger partial charge < -0.3 is 14.8 Å². The molecule has 1 N–H and O–H groups in total. The quantitative estimate of drug-likeness (QED) is 0.772. The Hall–Kier alpha value is -1.10. The van der Waals surface area contributed by atoms with E-state index in [4.69, 9.17) is 4.74 Å². The van der Waals surface area contributed by atoms with E-state index >= 15 is 0 Å². The van der Waals surface area contributed by atoms with E-state index in [2.05, 4.69) is 10.1 Å². The van der Waals surface area contributed by atoms with Crippen LogP contribution in [-0.2, 0) is 19.1 Å². The molecule has 0 bridgehead atoms. The molecule has 0 spiro atoms. The van der Waals surface area contributed by atoms with Crippen LogP contribution in [0.4, 0.5) is 0 Å². The fourth-order valence-electron chi connectivity index (χ4n) is 2.40. The second-order valence-corrected chi connectivity index (χ2v) is 5.95. The molecule has 0 aromatic rings. The zero-order valence-corrected chi connectivity index (χ0v) is 12.3. The number of esters is 1. The van der Waals surface area contributed by atoms with Crippen molar-refractivity contribution in [2.24, 2.45) is 5.92 Å². The number of carbonyl (C=O) groups excluding carboxylic acids is 2. The van der Waals surface area contributed by atoms with E-state index in [0.29, 0.717) is 13.0 Å². The Morgan fingerprint density at radius 1 is 1.42 bits per heavy atom. The first-order valence-electron chi connectivity index (χ1n) is 6.82. The van der Waals surface area contributed by atoms with E-state index in [1.165, 1.54) is 7.11 Å². The molecule has 1 saturated heterocycles. The SMILES string of the molecule is COC(=O)C[C@H](C)CC(=O)N[C@@H]1CCOC(C)(C)C1. The summed E-state index contributed by atoms with van der Waals surface area (Å²) >= 11 is 0. The van der Waals surface area contributed by atoms with Gasteiger partial charge in [0.15, 0.2) is 0 Å². The van der Waals surface area contributed by atoms with Gasteiger partial charge in [0.1, 0.15) is 0 Å². The Bertz CT molecular complexity index is 327. The smallest absolute Gasteiger partial charge is 0.305 e. The van der Waals surface area contributed by atoms with E-state index < -0.39 is 0 Å². The summed E-state index contributed by atoms with van der Waals surface area (Å²) in [5.74, 6) is -0.271. The van der Waals surface area contributed by atoms with Crippen LogP contribution in [0, 0.1) is 5.92 Å². The standard InChI is InChI=1S/C14H25NO4/c1-10(8-13(17)18-4)7-12(16)15-11-5-6-19-14(2,3)9-11/h10-11H,5-9H2,1-4H3,(H,15,16)/t10-,11-/m1/s1. The minimum atomic E-state index is -0.271. The van der Waals surface area contributed by atoms with Crippen LogP contribution in [0.1, 0.15) is 46.5 Å². The maximum Gasteiger partial charge on any atom is 0.305 e. The molecule has 2 atom stereocenters. The Kier molecular flexibility index (Phi) is 5.79. The second kappa shape index (κ2) is 6.89. The van der Waals surface area contributed by atoms with Crippen molar-refractivity contribution in [2.45, 2.75) is 58.1 Å². The number of hydrogen-bond donors (Lipinski definition) is 1. The molecule has 5 heteroatoms. The van der Waals surface area contributed by atoms with Gasteiger partial charge in [-0.25, -0.2) is 0 Å². The van der Waals surface area contributed by atoms with Gasteiger partial charge in [-0.05, 0) is 32.6 Å². The third kappa shape index (κ3) is 6.05. The Morgan fingerprint density at radius 2 is 2.11 bits per heavy atom. The highest BCUT2D eigenvalue weighted by molar-refractivity contribution is 5.77. The minimum absolute atomic E-state index is 0.000278. The van der Waals surface area contributed by atoms with Crippen molar-refractivity contribution >= 4 is 11.9 Å². The molecule has 110 valence electrons. The molecule has 1 aliphatic heterocycles. The number of ether oxygens (including phenoxy) is 2. The maximum absolute atomic E-state index is 11.9. The molecular weight excluding hydrogens is 246 g/mol. The summed E-state index contributed by atoms with van der Waals surface area (Å²) < 4.78 is 10.2. The van der Waals surface area contributed by atoms with Crippen LogP contribution in [0.3, 0.4) is 0 Å². The topological polar surface area (TPSA) is 64.6 Å². The third-order valence-electron chi connectivity index (χ3n) is 3.34. The van der Waals surface area contributed by atoms with Crippen LogP contribution in [0.25, 0.3) is 0 Å². The number of methoxy groups -OCH3 is 1. The van der Waals surface area contributed by atoms with E-state index in [1.807, 2.05) is 20.8 Å². The molecule has 1 fully saturated rings. The minimum Gasteiger partial charge on any atom is -0.469 e. The lowest BCUT2D eigenvalue weighted by Gasteiger charge is -2.35. The largest absolute Gasteiger partial charge is 0.469 e. The zero-order valence-electron chi connectivity index (χ0n) is 12.3. The van der Waals surface area contributed by atoms with Crippen LogP contribution in [0.5, 0.6) is 0 Å². The van der Waals surface area contributed by atoms with Gasteiger partial charge in [0.2, 0.25) is 5.91 Å². The Morgan fingerprint density at radius 3 is 2.68 bits per heavy atom. The van der Waals surface area contributed by atoms with Gasteiger partial charge in [-0.1, -0.05) is 6.92 Å². The van der Waals surface area contributed by atoms with Crippen LogP contribution < -0.4 is 5.32 Å².